The smallest absolute Gasteiger partial charge is 0.335 e. The third kappa shape index (κ3) is 4.70. The van der Waals surface area contributed by atoms with Gasteiger partial charge < -0.3 is 14.9 Å². The molecule has 76 valence electrons. The highest BCUT2D eigenvalue weighted by atomic mass is 16.5. The Morgan fingerprint density at radius 1 is 1.29 bits per heavy atom. The van der Waals surface area contributed by atoms with Crippen LogP contribution in [0.5, 0.6) is 0 Å². The molecule has 0 unspecified atom stereocenters. The van der Waals surface area contributed by atoms with Crippen LogP contribution in [0.4, 0.5) is 0 Å². The molecule has 0 aromatic carbocycles. The zero-order chi connectivity index (χ0) is 11.1. The lowest BCUT2D eigenvalue weighted by molar-refractivity contribution is -0.140. The first-order valence-electron chi connectivity index (χ1n) is 3.44. The van der Waals surface area contributed by atoms with Crippen molar-refractivity contribution in [1.29, 1.82) is 0 Å². The molecule has 0 bridgehead atoms. The highest BCUT2D eigenvalue weighted by Crippen LogP contribution is 2.02. The molecule has 0 saturated carbocycles. The second-order valence-corrected chi connectivity index (χ2v) is 2.16. The molecule has 0 aliphatic carbocycles. The fourth-order valence-electron chi connectivity index (χ4n) is 0.508. The van der Waals surface area contributed by atoms with Crippen molar-refractivity contribution in [2.75, 3.05) is 0 Å². The fraction of sp³-hybridized carbons (Fsp3) is 0.125. The molecule has 2 N–H and O–H groups in total. The molecule has 6 heteroatoms. The molecule has 0 aromatic heterocycles. The van der Waals surface area contributed by atoms with Gasteiger partial charge in [0.25, 0.3) is 0 Å². The Balaban J connectivity index is 4.48. The molecule has 0 aliphatic heterocycles. The van der Waals surface area contributed by atoms with Crippen LogP contribution in [-0.4, -0.2) is 28.1 Å². The molecule has 0 rings (SSSR count). The summed E-state index contributed by atoms with van der Waals surface area (Å²) in [4.78, 5) is 31.1. The summed E-state index contributed by atoms with van der Waals surface area (Å²) in [6, 6.07) is 0. The number of carbonyl (C=O) groups excluding carboxylic acids is 1. The van der Waals surface area contributed by atoms with Crippen molar-refractivity contribution in [2.24, 2.45) is 0 Å². The van der Waals surface area contributed by atoms with Gasteiger partial charge in [0, 0.05) is 6.08 Å². The van der Waals surface area contributed by atoms with E-state index in [4.69, 9.17) is 10.2 Å². The van der Waals surface area contributed by atoms with Crippen LogP contribution in [0.1, 0.15) is 6.42 Å². The van der Waals surface area contributed by atoms with E-state index < -0.39 is 29.9 Å². The zero-order valence-corrected chi connectivity index (χ0v) is 7.10. The Morgan fingerprint density at radius 3 is 2.21 bits per heavy atom. The van der Waals surface area contributed by atoms with Gasteiger partial charge in [-0.3, -0.25) is 4.79 Å². The molecular weight excluding hydrogens is 192 g/mol. The Bertz CT molecular complexity index is 301. The largest absolute Gasteiger partial charge is 0.481 e. The number of hydrogen-bond acceptors (Lipinski definition) is 4. The van der Waals surface area contributed by atoms with E-state index in [-0.39, 0.29) is 0 Å². The van der Waals surface area contributed by atoms with Gasteiger partial charge in [-0.2, -0.15) is 0 Å². The van der Waals surface area contributed by atoms with E-state index >= 15 is 0 Å². The van der Waals surface area contributed by atoms with Crippen molar-refractivity contribution in [1.82, 2.24) is 0 Å². The van der Waals surface area contributed by atoms with E-state index in [1.165, 1.54) is 0 Å². The second kappa shape index (κ2) is 5.52. The van der Waals surface area contributed by atoms with Gasteiger partial charge in [-0.05, 0) is 0 Å². The number of aliphatic carboxylic acids is 2. The molecule has 14 heavy (non-hydrogen) atoms. The number of rotatable bonds is 5. The molecule has 0 spiro atoms. The van der Waals surface area contributed by atoms with E-state index in [2.05, 4.69) is 11.3 Å². The molecule has 6 nitrogen and oxygen atoms in total. The normalized spacial score (nSPS) is 10.4. The monoisotopic (exact) mass is 200 g/mol. The minimum absolute atomic E-state index is 0.521. The lowest BCUT2D eigenvalue weighted by Gasteiger charge is -1.97. The summed E-state index contributed by atoms with van der Waals surface area (Å²) in [7, 11) is 0. The van der Waals surface area contributed by atoms with E-state index in [1.807, 2.05) is 0 Å². The number of hydrogen-bond donors (Lipinski definition) is 2. The number of carbonyl (C=O) groups is 3. The second-order valence-electron chi connectivity index (χ2n) is 2.16. The average molecular weight is 200 g/mol. The summed E-state index contributed by atoms with van der Waals surface area (Å²) in [5.41, 5.74) is -0.521. The first kappa shape index (κ1) is 11.9. The van der Waals surface area contributed by atoms with Crippen molar-refractivity contribution in [2.45, 2.75) is 6.42 Å². The summed E-state index contributed by atoms with van der Waals surface area (Å²) in [5, 5.41) is 16.7. The van der Waals surface area contributed by atoms with E-state index in [9.17, 15) is 14.4 Å². The van der Waals surface area contributed by atoms with Crippen molar-refractivity contribution in [3.63, 3.8) is 0 Å². The predicted molar refractivity (Wildman–Crippen MR) is 44.3 cm³/mol. The summed E-state index contributed by atoms with van der Waals surface area (Å²) in [5.74, 6) is -3.63. The number of esters is 1. The first-order valence-corrected chi connectivity index (χ1v) is 3.44. The third-order valence-electron chi connectivity index (χ3n) is 1.10. The molecule has 0 amide bonds. The highest BCUT2D eigenvalue weighted by molar-refractivity contribution is 5.92. The topological polar surface area (TPSA) is 101 Å². The van der Waals surface area contributed by atoms with Crippen molar-refractivity contribution >= 4 is 17.9 Å². The van der Waals surface area contributed by atoms with Gasteiger partial charge in [-0.15, -0.1) is 0 Å². The minimum atomic E-state index is -1.45. The molecule has 0 heterocycles. The van der Waals surface area contributed by atoms with Gasteiger partial charge >= 0.3 is 17.9 Å². The molecule has 0 fully saturated rings. The maximum absolute atomic E-state index is 10.5. The zero-order valence-electron chi connectivity index (χ0n) is 7.10. The molecule has 0 saturated heterocycles. The summed E-state index contributed by atoms with van der Waals surface area (Å²) in [6.45, 7) is 3.08. The SMILES string of the molecule is C=CC(=O)OC=C(CC(=O)O)C(=O)O. The number of ether oxygens (including phenoxy) is 1. The Hall–Kier alpha value is -2.11. The van der Waals surface area contributed by atoms with Crippen molar-refractivity contribution in [3.8, 4) is 0 Å². The van der Waals surface area contributed by atoms with E-state index in [1.54, 1.807) is 0 Å². The van der Waals surface area contributed by atoms with Crippen LogP contribution in [0, 0.1) is 0 Å². The summed E-state index contributed by atoms with van der Waals surface area (Å²) < 4.78 is 4.25. The van der Waals surface area contributed by atoms with Gasteiger partial charge in [0.2, 0.25) is 0 Å². The van der Waals surface area contributed by atoms with Gasteiger partial charge in [0.1, 0.15) is 6.26 Å². The maximum atomic E-state index is 10.5. The lowest BCUT2D eigenvalue weighted by Crippen LogP contribution is -2.08. The summed E-state index contributed by atoms with van der Waals surface area (Å²) >= 11 is 0. The first-order chi connectivity index (χ1) is 6.47. The van der Waals surface area contributed by atoms with Crippen molar-refractivity contribution in [3.05, 3.63) is 24.5 Å². The molecular formula is C8H8O6. The van der Waals surface area contributed by atoms with Crippen LogP contribution < -0.4 is 0 Å². The van der Waals surface area contributed by atoms with Crippen LogP contribution in [0.3, 0.4) is 0 Å². The third-order valence-corrected chi connectivity index (χ3v) is 1.10. The van der Waals surface area contributed by atoms with Crippen LogP contribution in [-0.2, 0) is 19.1 Å². The Labute approximate surface area is 79.1 Å². The fourth-order valence-corrected chi connectivity index (χ4v) is 0.508. The lowest BCUT2D eigenvalue weighted by atomic mass is 10.2. The average Bonchev–Trinajstić information content (AvgIpc) is 2.10. The van der Waals surface area contributed by atoms with E-state index in [0.29, 0.717) is 6.26 Å². The molecule has 0 aromatic rings. The predicted octanol–water partition coefficient (Wildman–Crippen LogP) is 0.159. The minimum Gasteiger partial charge on any atom is -0.481 e. The molecule has 0 atom stereocenters. The summed E-state index contributed by atoms with van der Waals surface area (Å²) in [6.07, 6.45) is 0.691. The standard InChI is InChI=1S/C8H8O6/c1-2-7(11)14-4-5(8(12)13)3-6(9)10/h2,4H,1,3H2,(H,9,10)(H,12,13). The van der Waals surface area contributed by atoms with Gasteiger partial charge in [0.05, 0.1) is 12.0 Å². The van der Waals surface area contributed by atoms with Crippen LogP contribution in [0.15, 0.2) is 24.5 Å². The van der Waals surface area contributed by atoms with Crippen molar-refractivity contribution < 1.29 is 29.3 Å². The molecule has 0 radical (unpaired) electrons. The number of carboxylic acid groups (broad SMARTS) is 2. The highest BCUT2D eigenvalue weighted by Gasteiger charge is 2.12. The van der Waals surface area contributed by atoms with Gasteiger partial charge in [-0.25, -0.2) is 9.59 Å². The van der Waals surface area contributed by atoms with Crippen LogP contribution >= 0.6 is 0 Å². The molecule has 0 aliphatic rings. The number of carboxylic acids is 2. The van der Waals surface area contributed by atoms with Crippen LogP contribution in [0.25, 0.3) is 0 Å². The Morgan fingerprint density at radius 2 is 1.86 bits per heavy atom. The van der Waals surface area contributed by atoms with Gasteiger partial charge in [0.15, 0.2) is 0 Å². The van der Waals surface area contributed by atoms with Crippen LogP contribution in [0.2, 0.25) is 0 Å². The van der Waals surface area contributed by atoms with Gasteiger partial charge in [-0.1, -0.05) is 6.58 Å². The quantitative estimate of drug-likeness (QED) is 0.372. The van der Waals surface area contributed by atoms with E-state index in [0.717, 1.165) is 6.08 Å². The maximum Gasteiger partial charge on any atom is 0.335 e. The Kier molecular flexibility index (Phi) is 4.69.